The maximum absolute atomic E-state index is 13.5. The number of carbonyl (C=O) groups excluding carboxylic acids is 1. The second-order valence-electron chi connectivity index (χ2n) is 11.3. The number of nitriles is 1. The van der Waals surface area contributed by atoms with E-state index in [1.54, 1.807) is 12.1 Å². The number of primary amides is 1. The number of rotatable bonds is 2. The van der Waals surface area contributed by atoms with E-state index in [2.05, 4.69) is 26.0 Å². The molecule has 178 valence electrons. The summed E-state index contributed by atoms with van der Waals surface area (Å²) in [5.74, 6) is 0.314. The SMILES string of the molecule is C[C@]12CC[C@H](O)CC1=CC[C@@H]1[C@@H]2CC[C@]2(C)C(=C(/C#N)C(N)=O)/C(=C/c3ccc(F)cc3)C[C@@H]12. The van der Waals surface area contributed by atoms with Crippen LogP contribution in [0.3, 0.4) is 0 Å². The van der Waals surface area contributed by atoms with E-state index in [1.807, 2.05) is 6.08 Å². The van der Waals surface area contributed by atoms with E-state index >= 15 is 0 Å². The van der Waals surface area contributed by atoms with Crippen LogP contribution in [0.4, 0.5) is 4.39 Å². The number of allylic oxidation sites excluding steroid dienone is 3. The Balaban J connectivity index is 1.61. The van der Waals surface area contributed by atoms with Crippen LogP contribution in [0.15, 0.2) is 52.6 Å². The van der Waals surface area contributed by atoms with Crippen molar-refractivity contribution < 1.29 is 14.3 Å². The predicted octanol–water partition coefficient (Wildman–Crippen LogP) is 5.45. The van der Waals surface area contributed by atoms with E-state index in [0.717, 1.165) is 61.7 Å². The topological polar surface area (TPSA) is 87.1 Å². The van der Waals surface area contributed by atoms with E-state index in [0.29, 0.717) is 17.8 Å². The molecule has 1 amide bonds. The van der Waals surface area contributed by atoms with Gasteiger partial charge < -0.3 is 10.8 Å². The Morgan fingerprint density at radius 3 is 2.53 bits per heavy atom. The molecular formula is C29H33FN2O2. The Bertz CT molecular complexity index is 1160. The number of aliphatic hydroxyl groups is 1. The lowest BCUT2D eigenvalue weighted by atomic mass is 9.47. The highest BCUT2D eigenvalue weighted by atomic mass is 19.1. The molecule has 34 heavy (non-hydrogen) atoms. The fourth-order valence-corrected chi connectivity index (χ4v) is 7.93. The maximum atomic E-state index is 13.5. The molecule has 0 aliphatic heterocycles. The third-order valence-electron chi connectivity index (χ3n) is 9.62. The Morgan fingerprint density at radius 1 is 1.15 bits per heavy atom. The fourth-order valence-electron chi connectivity index (χ4n) is 7.93. The van der Waals surface area contributed by atoms with E-state index in [9.17, 15) is 19.6 Å². The summed E-state index contributed by atoms with van der Waals surface area (Å²) in [5, 5.41) is 20.2. The Labute approximate surface area is 201 Å². The number of carbonyl (C=O) groups is 1. The van der Waals surface area contributed by atoms with Gasteiger partial charge in [0.2, 0.25) is 0 Å². The zero-order valence-corrected chi connectivity index (χ0v) is 20.0. The summed E-state index contributed by atoms with van der Waals surface area (Å²) in [4.78, 5) is 12.4. The van der Waals surface area contributed by atoms with E-state index in [-0.39, 0.29) is 28.3 Å². The zero-order valence-electron chi connectivity index (χ0n) is 20.0. The van der Waals surface area contributed by atoms with Crippen LogP contribution in [-0.4, -0.2) is 17.1 Å². The van der Waals surface area contributed by atoms with Gasteiger partial charge in [-0.1, -0.05) is 43.7 Å². The molecule has 0 spiro atoms. The van der Waals surface area contributed by atoms with E-state index in [1.165, 1.54) is 17.7 Å². The number of nitrogens with two attached hydrogens (primary N) is 1. The Hall–Kier alpha value is -2.71. The second kappa shape index (κ2) is 8.20. The molecule has 4 nitrogen and oxygen atoms in total. The first-order valence-corrected chi connectivity index (χ1v) is 12.5. The number of aliphatic hydroxyl groups excluding tert-OH is 1. The van der Waals surface area contributed by atoms with Crippen molar-refractivity contribution in [3.05, 3.63) is 64.0 Å². The van der Waals surface area contributed by atoms with Gasteiger partial charge in [0, 0.05) is 0 Å². The molecule has 5 rings (SSSR count). The standard InChI is InChI=1S/C29H33FN2O2/c1-28-11-9-21(33)15-19(28)5-8-22-24(28)10-12-29(2)25(22)14-18(26(29)23(16-31)27(32)34)13-17-3-6-20(30)7-4-17/h3-7,13,21-22,24-25,33H,8-12,14-15H2,1-2H3,(H2,32,34)/b18-13+,26-23-/t21-,22+,24-,25-,28-,29-/m0/s1. The van der Waals surface area contributed by atoms with Crippen molar-refractivity contribution >= 4 is 12.0 Å². The fraction of sp³-hybridized carbons (Fsp3) is 0.517. The minimum Gasteiger partial charge on any atom is -0.393 e. The monoisotopic (exact) mass is 460 g/mol. The third-order valence-corrected chi connectivity index (χ3v) is 9.62. The Morgan fingerprint density at radius 2 is 1.85 bits per heavy atom. The average molecular weight is 461 g/mol. The number of benzene rings is 1. The maximum Gasteiger partial charge on any atom is 0.259 e. The Kier molecular flexibility index (Phi) is 5.56. The number of halogens is 1. The highest BCUT2D eigenvalue weighted by Crippen LogP contribution is 2.67. The number of nitrogens with zero attached hydrogens (tertiary/aromatic N) is 1. The summed E-state index contributed by atoms with van der Waals surface area (Å²) in [6, 6.07) is 8.44. The summed E-state index contributed by atoms with van der Waals surface area (Å²) >= 11 is 0. The van der Waals surface area contributed by atoms with Crippen LogP contribution in [0.1, 0.15) is 64.4 Å². The van der Waals surface area contributed by atoms with Gasteiger partial charge in [-0.3, -0.25) is 4.79 Å². The first kappa shape index (κ1) is 23.1. The first-order chi connectivity index (χ1) is 16.2. The number of hydrogen-bond donors (Lipinski definition) is 2. The van der Waals surface area contributed by atoms with E-state index < -0.39 is 5.91 Å². The molecule has 3 fully saturated rings. The largest absolute Gasteiger partial charge is 0.393 e. The second-order valence-corrected chi connectivity index (χ2v) is 11.3. The number of amides is 1. The van der Waals surface area contributed by atoms with Gasteiger partial charge in [0.05, 0.1) is 6.10 Å². The van der Waals surface area contributed by atoms with Crippen molar-refractivity contribution in [1.82, 2.24) is 0 Å². The molecule has 4 aliphatic rings. The number of hydrogen-bond acceptors (Lipinski definition) is 3. The lowest BCUT2D eigenvalue weighted by Crippen LogP contribution is -2.49. The van der Waals surface area contributed by atoms with Gasteiger partial charge in [0.1, 0.15) is 17.5 Å². The predicted molar refractivity (Wildman–Crippen MR) is 129 cm³/mol. The normalized spacial score (nSPS) is 39.4. The first-order valence-electron chi connectivity index (χ1n) is 12.5. The van der Waals surface area contributed by atoms with Crippen LogP contribution in [0.25, 0.3) is 6.08 Å². The molecule has 0 radical (unpaired) electrons. The van der Waals surface area contributed by atoms with Crippen molar-refractivity contribution in [3.63, 3.8) is 0 Å². The van der Waals surface area contributed by atoms with Gasteiger partial charge in [-0.25, -0.2) is 4.39 Å². The highest BCUT2D eigenvalue weighted by Gasteiger charge is 2.59. The minimum absolute atomic E-state index is 0.0656. The molecule has 0 aromatic heterocycles. The van der Waals surface area contributed by atoms with Crippen LogP contribution < -0.4 is 5.73 Å². The summed E-state index contributed by atoms with van der Waals surface area (Å²) < 4.78 is 13.5. The van der Waals surface area contributed by atoms with Gasteiger partial charge in [-0.05, 0) is 102 Å². The minimum atomic E-state index is -0.675. The smallest absolute Gasteiger partial charge is 0.259 e. The molecule has 3 saturated carbocycles. The molecular weight excluding hydrogens is 427 g/mol. The van der Waals surface area contributed by atoms with Gasteiger partial charge in [0.15, 0.2) is 0 Å². The van der Waals surface area contributed by atoms with Gasteiger partial charge >= 0.3 is 0 Å². The van der Waals surface area contributed by atoms with E-state index in [4.69, 9.17) is 5.73 Å². The van der Waals surface area contributed by atoms with Crippen LogP contribution in [0, 0.1) is 45.7 Å². The molecule has 0 heterocycles. The molecule has 0 saturated heterocycles. The highest BCUT2D eigenvalue weighted by molar-refractivity contribution is 5.98. The summed E-state index contributed by atoms with van der Waals surface area (Å²) in [6.45, 7) is 4.59. The van der Waals surface area contributed by atoms with Gasteiger partial charge in [0.25, 0.3) is 5.91 Å². The van der Waals surface area contributed by atoms with Crippen molar-refractivity contribution in [2.75, 3.05) is 0 Å². The molecule has 6 atom stereocenters. The van der Waals surface area contributed by atoms with Gasteiger partial charge in [-0.2, -0.15) is 5.26 Å². The van der Waals surface area contributed by atoms with Crippen LogP contribution in [0.2, 0.25) is 0 Å². The van der Waals surface area contributed by atoms with Gasteiger partial charge in [-0.15, -0.1) is 0 Å². The van der Waals surface area contributed by atoms with Crippen LogP contribution in [-0.2, 0) is 4.79 Å². The van der Waals surface area contributed by atoms with Crippen LogP contribution >= 0.6 is 0 Å². The van der Waals surface area contributed by atoms with Crippen molar-refractivity contribution in [2.24, 2.45) is 34.3 Å². The molecule has 4 aliphatic carbocycles. The molecule has 0 unspecified atom stereocenters. The third kappa shape index (κ3) is 3.46. The average Bonchev–Trinajstić information content (AvgIpc) is 3.08. The molecule has 1 aromatic rings. The van der Waals surface area contributed by atoms with Crippen LogP contribution in [0.5, 0.6) is 0 Å². The molecule has 5 heteroatoms. The lowest BCUT2D eigenvalue weighted by molar-refractivity contribution is -0.114. The quantitative estimate of drug-likeness (QED) is 0.350. The summed E-state index contributed by atoms with van der Waals surface area (Å²) in [6.07, 6.45) is 10.5. The summed E-state index contributed by atoms with van der Waals surface area (Å²) in [7, 11) is 0. The summed E-state index contributed by atoms with van der Waals surface area (Å²) in [5.41, 5.74) is 9.63. The van der Waals surface area contributed by atoms with Crippen molar-refractivity contribution in [3.8, 4) is 6.07 Å². The van der Waals surface area contributed by atoms with Crippen molar-refractivity contribution in [1.29, 1.82) is 5.26 Å². The molecule has 1 aromatic carbocycles. The molecule has 3 N–H and O–H groups in total. The lowest BCUT2D eigenvalue weighted by Gasteiger charge is -2.57. The number of fused-ring (bicyclic) bond motifs is 5. The molecule has 0 bridgehead atoms. The zero-order chi connectivity index (χ0) is 24.3. The van der Waals surface area contributed by atoms with Crippen molar-refractivity contribution in [2.45, 2.75) is 64.9 Å².